The van der Waals surface area contributed by atoms with E-state index in [0.717, 1.165) is 0 Å². The van der Waals surface area contributed by atoms with Gasteiger partial charge in [0.25, 0.3) is 0 Å². The van der Waals surface area contributed by atoms with E-state index in [-0.39, 0.29) is 18.1 Å². The van der Waals surface area contributed by atoms with E-state index in [1.807, 2.05) is 0 Å². The lowest BCUT2D eigenvalue weighted by atomic mass is 10.2. The largest absolute Gasteiger partial charge is 0.495 e. The fourth-order valence-corrected chi connectivity index (χ4v) is 2.49. The molecule has 0 aliphatic rings. The van der Waals surface area contributed by atoms with Crippen LogP contribution in [0.1, 0.15) is 6.92 Å². The van der Waals surface area contributed by atoms with Gasteiger partial charge in [0.2, 0.25) is 11.8 Å². The van der Waals surface area contributed by atoms with Crippen molar-refractivity contribution in [2.24, 2.45) is 0 Å². The zero-order chi connectivity index (χ0) is 20.0. The minimum Gasteiger partial charge on any atom is -0.495 e. The van der Waals surface area contributed by atoms with Crippen LogP contribution in [0, 0.1) is 5.82 Å². The van der Waals surface area contributed by atoms with Gasteiger partial charge in [-0.2, -0.15) is 0 Å². The maximum atomic E-state index is 13.6. The van der Waals surface area contributed by atoms with Crippen molar-refractivity contribution in [3.05, 3.63) is 41.2 Å². The quantitative estimate of drug-likeness (QED) is 0.667. The first-order valence-electron chi connectivity index (χ1n) is 7.86. The summed E-state index contributed by atoms with van der Waals surface area (Å²) in [6.07, 6.45) is 0. The van der Waals surface area contributed by atoms with Crippen LogP contribution in [0.4, 0.5) is 21.5 Å². The summed E-state index contributed by atoms with van der Waals surface area (Å²) in [5.74, 6) is -0.572. The molecule has 0 spiro atoms. The van der Waals surface area contributed by atoms with Crippen LogP contribution in [0.15, 0.2) is 30.3 Å². The Kier molecular flexibility index (Phi) is 6.84. The van der Waals surface area contributed by atoms with Gasteiger partial charge >= 0.3 is 0 Å². The fraction of sp³-hybridized carbons (Fsp3) is 0.222. The summed E-state index contributed by atoms with van der Waals surface area (Å²) < 4.78 is 24.0. The van der Waals surface area contributed by atoms with Gasteiger partial charge in [0.05, 0.1) is 37.2 Å². The number of rotatable bonds is 7. The number of benzene rings is 2. The van der Waals surface area contributed by atoms with Gasteiger partial charge in [-0.25, -0.2) is 4.39 Å². The molecule has 0 aromatic heterocycles. The Bertz CT molecular complexity index is 861. The van der Waals surface area contributed by atoms with Crippen LogP contribution in [0.2, 0.25) is 5.02 Å². The highest BCUT2D eigenvalue weighted by Crippen LogP contribution is 2.35. The summed E-state index contributed by atoms with van der Waals surface area (Å²) >= 11 is 6.03. The summed E-state index contributed by atoms with van der Waals surface area (Å²) in [6.45, 7) is 1.18. The molecule has 0 atom stereocenters. The zero-order valence-corrected chi connectivity index (χ0v) is 15.7. The van der Waals surface area contributed by atoms with Crippen molar-refractivity contribution in [3.63, 3.8) is 0 Å². The fourth-order valence-electron chi connectivity index (χ4n) is 2.26. The van der Waals surface area contributed by atoms with Gasteiger partial charge in [0.1, 0.15) is 17.3 Å². The Hall–Kier alpha value is -3.00. The second kappa shape index (κ2) is 9.09. The van der Waals surface area contributed by atoms with Gasteiger partial charge in [-0.1, -0.05) is 11.6 Å². The van der Waals surface area contributed by atoms with Crippen molar-refractivity contribution in [1.29, 1.82) is 0 Å². The third-order valence-electron chi connectivity index (χ3n) is 3.48. The van der Waals surface area contributed by atoms with E-state index < -0.39 is 11.7 Å². The van der Waals surface area contributed by atoms with E-state index in [9.17, 15) is 14.0 Å². The number of methoxy groups -OCH3 is 2. The average molecular weight is 396 g/mol. The normalized spacial score (nSPS) is 10.1. The maximum Gasteiger partial charge on any atom is 0.243 e. The second-order valence-electron chi connectivity index (χ2n) is 5.46. The molecular weight excluding hydrogens is 377 g/mol. The lowest BCUT2D eigenvalue weighted by Gasteiger charge is -2.14. The molecule has 2 amide bonds. The van der Waals surface area contributed by atoms with E-state index in [0.29, 0.717) is 27.9 Å². The smallest absolute Gasteiger partial charge is 0.243 e. The highest BCUT2D eigenvalue weighted by molar-refractivity contribution is 6.32. The molecule has 0 unspecified atom stereocenters. The number of anilines is 3. The Morgan fingerprint density at radius 1 is 1.04 bits per heavy atom. The van der Waals surface area contributed by atoms with Crippen molar-refractivity contribution in [2.75, 3.05) is 36.7 Å². The molecule has 0 fully saturated rings. The molecule has 0 aliphatic heterocycles. The molecule has 2 rings (SSSR count). The standard InChI is InChI=1S/C18H19ClFN3O4/c1-10(24)22-14-6-11(4-5-13(14)20)21-9-18(25)23-15-8-16(26-2)12(19)7-17(15)27-3/h4-8,21H,9H2,1-3H3,(H,22,24)(H,23,25). The van der Waals surface area contributed by atoms with Crippen molar-refractivity contribution in [3.8, 4) is 11.5 Å². The molecule has 0 saturated heterocycles. The Morgan fingerprint density at radius 2 is 1.74 bits per heavy atom. The summed E-state index contributed by atoms with van der Waals surface area (Å²) in [5, 5.41) is 8.26. The monoisotopic (exact) mass is 395 g/mol. The van der Waals surface area contributed by atoms with Crippen LogP contribution in [0.5, 0.6) is 11.5 Å². The third kappa shape index (κ3) is 5.49. The number of hydrogen-bond donors (Lipinski definition) is 3. The zero-order valence-electron chi connectivity index (χ0n) is 15.0. The highest BCUT2D eigenvalue weighted by Gasteiger charge is 2.13. The van der Waals surface area contributed by atoms with E-state index >= 15 is 0 Å². The van der Waals surface area contributed by atoms with E-state index in [1.54, 1.807) is 6.07 Å². The first-order chi connectivity index (χ1) is 12.8. The van der Waals surface area contributed by atoms with Gasteiger partial charge < -0.3 is 25.4 Å². The molecule has 3 N–H and O–H groups in total. The number of hydrogen-bond acceptors (Lipinski definition) is 5. The van der Waals surface area contributed by atoms with Crippen LogP contribution in [0.25, 0.3) is 0 Å². The molecule has 2 aromatic rings. The Balaban J connectivity index is 2.06. The number of ether oxygens (including phenoxy) is 2. The lowest BCUT2D eigenvalue weighted by molar-refractivity contribution is -0.115. The lowest BCUT2D eigenvalue weighted by Crippen LogP contribution is -2.22. The number of amides is 2. The molecule has 144 valence electrons. The highest BCUT2D eigenvalue weighted by atomic mass is 35.5. The third-order valence-corrected chi connectivity index (χ3v) is 3.77. The number of nitrogens with one attached hydrogen (secondary N) is 3. The number of carbonyl (C=O) groups is 2. The summed E-state index contributed by atoms with van der Waals surface area (Å²) in [5.41, 5.74) is 0.886. The predicted octanol–water partition coefficient (Wildman–Crippen LogP) is 3.51. The minimum atomic E-state index is -0.571. The van der Waals surface area contributed by atoms with Crippen molar-refractivity contribution < 1.29 is 23.5 Å². The summed E-state index contributed by atoms with van der Waals surface area (Å²) in [7, 11) is 2.91. The number of halogens is 2. The van der Waals surface area contributed by atoms with Crippen LogP contribution in [0.3, 0.4) is 0 Å². The van der Waals surface area contributed by atoms with Gasteiger partial charge in [-0.3, -0.25) is 9.59 Å². The first-order valence-corrected chi connectivity index (χ1v) is 8.24. The molecule has 0 bridgehead atoms. The maximum absolute atomic E-state index is 13.6. The molecule has 7 nitrogen and oxygen atoms in total. The Labute approximate surface area is 160 Å². The molecular formula is C18H19ClFN3O4. The van der Waals surface area contributed by atoms with Crippen molar-refractivity contribution in [2.45, 2.75) is 6.92 Å². The molecule has 0 saturated carbocycles. The molecule has 9 heteroatoms. The molecule has 0 heterocycles. The van der Waals surface area contributed by atoms with E-state index in [1.165, 1.54) is 45.4 Å². The SMILES string of the molecule is COc1cc(NC(=O)CNc2ccc(F)c(NC(C)=O)c2)c(OC)cc1Cl. The van der Waals surface area contributed by atoms with Crippen molar-refractivity contribution >= 4 is 40.5 Å². The van der Waals surface area contributed by atoms with Gasteiger partial charge in [-0.15, -0.1) is 0 Å². The average Bonchev–Trinajstić information content (AvgIpc) is 2.63. The van der Waals surface area contributed by atoms with Crippen LogP contribution >= 0.6 is 11.6 Å². The van der Waals surface area contributed by atoms with Crippen LogP contribution < -0.4 is 25.4 Å². The van der Waals surface area contributed by atoms with Gasteiger partial charge in [-0.05, 0) is 18.2 Å². The Morgan fingerprint density at radius 3 is 2.37 bits per heavy atom. The van der Waals surface area contributed by atoms with Crippen molar-refractivity contribution in [1.82, 2.24) is 0 Å². The van der Waals surface area contributed by atoms with E-state index in [4.69, 9.17) is 21.1 Å². The second-order valence-corrected chi connectivity index (χ2v) is 5.87. The van der Waals surface area contributed by atoms with E-state index in [2.05, 4.69) is 16.0 Å². The molecule has 0 aliphatic carbocycles. The molecule has 0 radical (unpaired) electrons. The van der Waals surface area contributed by atoms with Gasteiger partial charge in [0.15, 0.2) is 0 Å². The minimum absolute atomic E-state index is 0.0250. The van der Waals surface area contributed by atoms with Gasteiger partial charge in [0, 0.05) is 24.7 Å². The molecule has 2 aromatic carbocycles. The predicted molar refractivity (Wildman–Crippen MR) is 102 cm³/mol. The van der Waals surface area contributed by atoms with Crippen LogP contribution in [-0.4, -0.2) is 32.6 Å². The van der Waals surface area contributed by atoms with Crippen LogP contribution in [-0.2, 0) is 9.59 Å². The summed E-state index contributed by atoms with van der Waals surface area (Å²) in [6, 6.07) is 7.13. The molecule has 27 heavy (non-hydrogen) atoms. The summed E-state index contributed by atoms with van der Waals surface area (Å²) in [4.78, 5) is 23.3. The number of carbonyl (C=O) groups excluding carboxylic acids is 2. The topological polar surface area (TPSA) is 88.7 Å². The first kappa shape index (κ1) is 20.3.